The van der Waals surface area contributed by atoms with Crippen molar-refractivity contribution in [2.24, 2.45) is 5.73 Å². The number of nitrogens with two attached hydrogens (primary N) is 1. The lowest BCUT2D eigenvalue weighted by atomic mass is 10.2. The van der Waals surface area contributed by atoms with Crippen LogP contribution in [0, 0.1) is 0 Å². The highest BCUT2D eigenvalue weighted by Crippen LogP contribution is 2.19. The average molecular weight is 396 g/mol. The fourth-order valence-corrected chi connectivity index (χ4v) is 1.91. The van der Waals surface area contributed by atoms with Crippen LogP contribution in [0.25, 0.3) is 0 Å². The van der Waals surface area contributed by atoms with Crippen LogP contribution in [0.1, 0.15) is 19.4 Å². The van der Waals surface area contributed by atoms with E-state index in [9.17, 15) is 19.2 Å². The van der Waals surface area contributed by atoms with E-state index >= 15 is 0 Å². The van der Waals surface area contributed by atoms with Crippen LogP contribution in [0.2, 0.25) is 0 Å². The molecule has 0 bridgehead atoms. The summed E-state index contributed by atoms with van der Waals surface area (Å²) in [7, 11) is 0. The number of rotatable bonds is 7. The van der Waals surface area contributed by atoms with Crippen LogP contribution in [0.3, 0.4) is 0 Å². The Morgan fingerprint density at radius 2 is 1.61 bits per heavy atom. The lowest BCUT2D eigenvalue weighted by Gasteiger charge is -2.08. The van der Waals surface area contributed by atoms with Gasteiger partial charge in [-0.25, -0.2) is 19.2 Å². The van der Waals surface area contributed by atoms with Gasteiger partial charge in [-0.3, -0.25) is 4.90 Å². The zero-order valence-electron chi connectivity index (χ0n) is 15.7. The summed E-state index contributed by atoms with van der Waals surface area (Å²) in [5, 5.41) is 8.61. The maximum absolute atomic E-state index is 11.3. The third-order valence-corrected chi connectivity index (χ3v) is 3.42. The Balaban J connectivity index is 0.000000295. The third-order valence-electron chi connectivity index (χ3n) is 3.42. The van der Waals surface area contributed by atoms with Crippen LogP contribution in [0.4, 0.5) is 4.79 Å². The van der Waals surface area contributed by atoms with Gasteiger partial charge in [0.1, 0.15) is 6.61 Å². The van der Waals surface area contributed by atoms with Crippen molar-refractivity contribution in [3.8, 4) is 0 Å². The minimum Gasteiger partial charge on any atom is -0.480 e. The number of aliphatic carboxylic acids is 1. The molecule has 28 heavy (non-hydrogen) atoms. The van der Waals surface area contributed by atoms with Gasteiger partial charge in [-0.15, -0.1) is 0 Å². The SMILES string of the molecule is CCOC(=O)C(N)C(=O)OCC.O=C(O)C1CN1C(=O)OCc1ccccc1. The molecule has 1 heterocycles. The Morgan fingerprint density at radius 3 is 2.04 bits per heavy atom. The standard InChI is InChI=1S/C11H11NO4.C7H13NO4/c13-10(14)9-6-12(9)11(15)16-7-8-4-2-1-3-5-8;1-3-11-6(9)5(8)7(10)12-4-2/h1-5,9H,6-7H2,(H,13,14);5H,3-4,8H2,1-2H3. The summed E-state index contributed by atoms with van der Waals surface area (Å²) in [6, 6.07) is 7.22. The Labute approximate surface area is 162 Å². The summed E-state index contributed by atoms with van der Waals surface area (Å²) < 4.78 is 14.0. The highest BCUT2D eigenvalue weighted by atomic mass is 16.6. The minimum absolute atomic E-state index is 0.169. The Kier molecular flexibility index (Phi) is 9.44. The van der Waals surface area contributed by atoms with Crippen molar-refractivity contribution in [2.75, 3.05) is 19.8 Å². The number of carboxylic acid groups (broad SMARTS) is 1. The molecule has 2 rings (SSSR count). The molecule has 0 spiro atoms. The number of hydrogen-bond acceptors (Lipinski definition) is 8. The van der Waals surface area contributed by atoms with E-state index in [1.807, 2.05) is 30.3 Å². The maximum atomic E-state index is 11.3. The molecule has 0 saturated carbocycles. The lowest BCUT2D eigenvalue weighted by molar-refractivity contribution is -0.156. The maximum Gasteiger partial charge on any atom is 0.411 e. The highest BCUT2D eigenvalue weighted by molar-refractivity contribution is 5.98. The molecule has 1 aliphatic rings. The molecule has 0 aliphatic carbocycles. The first-order valence-electron chi connectivity index (χ1n) is 8.60. The number of hydrogen-bond donors (Lipinski definition) is 2. The molecule has 3 N–H and O–H groups in total. The van der Waals surface area contributed by atoms with Crippen LogP contribution in [0.5, 0.6) is 0 Å². The van der Waals surface area contributed by atoms with E-state index < -0.39 is 36.1 Å². The number of carbonyl (C=O) groups excluding carboxylic acids is 3. The van der Waals surface area contributed by atoms with Crippen LogP contribution in [-0.2, 0) is 35.2 Å². The Morgan fingerprint density at radius 1 is 1.07 bits per heavy atom. The van der Waals surface area contributed by atoms with Crippen molar-refractivity contribution < 1.29 is 38.5 Å². The molecule has 0 radical (unpaired) electrons. The molecule has 1 saturated heterocycles. The number of esters is 2. The second kappa shape index (κ2) is 11.5. The van der Waals surface area contributed by atoms with Crippen LogP contribution >= 0.6 is 0 Å². The highest BCUT2D eigenvalue weighted by Gasteiger charge is 2.45. The fraction of sp³-hybridized carbons (Fsp3) is 0.444. The molecule has 1 fully saturated rings. The van der Waals surface area contributed by atoms with E-state index in [1.54, 1.807) is 13.8 Å². The van der Waals surface area contributed by atoms with Gasteiger partial charge in [0.05, 0.1) is 19.8 Å². The first kappa shape index (κ1) is 22.9. The molecule has 1 aromatic carbocycles. The topological polar surface area (TPSA) is 145 Å². The fourth-order valence-electron chi connectivity index (χ4n) is 1.91. The molecular formula is C18H24N2O8. The number of amides is 1. The second-order valence-corrected chi connectivity index (χ2v) is 5.53. The third kappa shape index (κ3) is 7.62. The summed E-state index contributed by atoms with van der Waals surface area (Å²) in [6.07, 6.45) is -0.573. The van der Waals surface area contributed by atoms with Gasteiger partial charge in [-0.05, 0) is 19.4 Å². The van der Waals surface area contributed by atoms with Gasteiger partial charge in [-0.2, -0.15) is 0 Å². The van der Waals surface area contributed by atoms with Gasteiger partial charge in [0.25, 0.3) is 0 Å². The number of ether oxygens (including phenoxy) is 3. The van der Waals surface area contributed by atoms with Crippen LogP contribution in [-0.4, -0.2) is 65.8 Å². The van der Waals surface area contributed by atoms with E-state index in [2.05, 4.69) is 9.47 Å². The minimum atomic E-state index is -1.31. The van der Waals surface area contributed by atoms with Crippen LogP contribution < -0.4 is 5.73 Å². The monoisotopic (exact) mass is 396 g/mol. The van der Waals surface area contributed by atoms with Gasteiger partial charge in [0, 0.05) is 0 Å². The summed E-state index contributed by atoms with van der Waals surface area (Å²) in [6.45, 7) is 4.08. The van der Waals surface area contributed by atoms with Gasteiger partial charge in [0.15, 0.2) is 6.04 Å². The summed E-state index contributed by atoms with van der Waals surface area (Å²) in [5.74, 6) is -2.50. The molecule has 1 atom stereocenters. The molecule has 1 aliphatic heterocycles. The molecule has 1 unspecified atom stereocenters. The van der Waals surface area contributed by atoms with Gasteiger partial charge in [0.2, 0.25) is 6.04 Å². The first-order chi connectivity index (χ1) is 13.3. The molecular weight excluding hydrogens is 372 g/mol. The summed E-state index contributed by atoms with van der Waals surface area (Å²) in [5.41, 5.74) is 6.06. The average Bonchev–Trinajstić information content (AvgIpc) is 3.48. The number of nitrogens with zero attached hydrogens (tertiary/aromatic N) is 1. The molecule has 0 aromatic heterocycles. The van der Waals surface area contributed by atoms with Crippen molar-refractivity contribution >= 4 is 24.0 Å². The van der Waals surface area contributed by atoms with E-state index in [-0.39, 0.29) is 26.4 Å². The first-order valence-corrected chi connectivity index (χ1v) is 8.60. The lowest BCUT2D eigenvalue weighted by Crippen LogP contribution is -2.41. The van der Waals surface area contributed by atoms with E-state index in [1.165, 1.54) is 4.90 Å². The van der Waals surface area contributed by atoms with Crippen LogP contribution in [0.15, 0.2) is 30.3 Å². The van der Waals surface area contributed by atoms with Crippen molar-refractivity contribution in [2.45, 2.75) is 32.5 Å². The molecule has 1 aromatic rings. The van der Waals surface area contributed by atoms with Crippen molar-refractivity contribution in [1.29, 1.82) is 0 Å². The van der Waals surface area contributed by atoms with Crippen molar-refractivity contribution in [3.05, 3.63) is 35.9 Å². The summed E-state index contributed by atoms with van der Waals surface area (Å²) >= 11 is 0. The number of carboxylic acids is 1. The molecule has 10 heteroatoms. The zero-order chi connectivity index (χ0) is 21.1. The molecule has 154 valence electrons. The smallest absolute Gasteiger partial charge is 0.411 e. The van der Waals surface area contributed by atoms with Crippen molar-refractivity contribution in [3.63, 3.8) is 0 Å². The largest absolute Gasteiger partial charge is 0.480 e. The zero-order valence-corrected chi connectivity index (χ0v) is 15.7. The van der Waals surface area contributed by atoms with E-state index in [0.717, 1.165) is 5.56 Å². The Hall–Kier alpha value is -3.14. The summed E-state index contributed by atoms with van der Waals surface area (Å²) in [4.78, 5) is 44.6. The van der Waals surface area contributed by atoms with E-state index in [4.69, 9.17) is 15.6 Å². The van der Waals surface area contributed by atoms with Gasteiger partial charge >= 0.3 is 24.0 Å². The molecule has 1 amide bonds. The second-order valence-electron chi connectivity index (χ2n) is 5.53. The predicted molar refractivity (Wildman–Crippen MR) is 96.0 cm³/mol. The van der Waals surface area contributed by atoms with E-state index in [0.29, 0.717) is 0 Å². The number of carbonyl (C=O) groups is 4. The van der Waals surface area contributed by atoms with Gasteiger partial charge in [-0.1, -0.05) is 30.3 Å². The van der Waals surface area contributed by atoms with Gasteiger partial charge < -0.3 is 25.1 Å². The predicted octanol–water partition coefficient (Wildman–Crippen LogP) is 0.532. The normalized spacial score (nSPS) is 14.4. The van der Waals surface area contributed by atoms with Crippen molar-refractivity contribution in [1.82, 2.24) is 4.90 Å². The molecule has 10 nitrogen and oxygen atoms in total. The number of benzene rings is 1. The quantitative estimate of drug-likeness (QED) is 0.292. The Bertz CT molecular complexity index is 661.